The Kier molecular flexibility index (Phi) is 33.1. The Morgan fingerprint density at radius 1 is 0.391 bits per heavy atom. The molecule has 0 fully saturated rings. The van der Waals surface area contributed by atoms with Gasteiger partial charge >= 0.3 is 5.97 Å². The van der Waals surface area contributed by atoms with E-state index in [2.05, 4.69) is 4.74 Å². The fourth-order valence-corrected chi connectivity index (χ4v) is 3.30. The number of hydrogen-bond donors (Lipinski definition) is 0. The summed E-state index contributed by atoms with van der Waals surface area (Å²) in [6, 6.07) is 10.1. The molecule has 0 aromatic heterocycles. The minimum Gasteiger partial charge on any atom is -0.467 e. The van der Waals surface area contributed by atoms with Crippen molar-refractivity contribution in [3.63, 3.8) is 0 Å². The van der Waals surface area contributed by atoms with E-state index in [1.165, 1.54) is 7.11 Å². The van der Waals surface area contributed by atoms with Gasteiger partial charge in [0.2, 0.25) is 0 Å². The van der Waals surface area contributed by atoms with Crippen LogP contribution in [0.5, 0.6) is 0 Å². The molecule has 0 bridgehead atoms. The van der Waals surface area contributed by atoms with E-state index in [1.807, 2.05) is 30.3 Å². The van der Waals surface area contributed by atoms with Crippen molar-refractivity contribution in [3.05, 3.63) is 35.9 Å². The van der Waals surface area contributed by atoms with Crippen molar-refractivity contribution in [1.29, 1.82) is 0 Å². The van der Waals surface area contributed by atoms with Gasteiger partial charge in [0.05, 0.1) is 159 Å². The second-order valence-corrected chi connectivity index (χ2v) is 9.29. The first-order valence-corrected chi connectivity index (χ1v) is 15.9. The highest BCUT2D eigenvalue weighted by atomic mass is 16.6. The van der Waals surface area contributed by atoms with Gasteiger partial charge in [-0.2, -0.15) is 0 Å². The monoisotopic (exact) mass is 664 g/mol. The summed E-state index contributed by atoms with van der Waals surface area (Å²) in [5.41, 5.74) is 1.16. The van der Waals surface area contributed by atoms with E-state index in [-0.39, 0.29) is 6.61 Å². The van der Waals surface area contributed by atoms with Gasteiger partial charge in [0, 0.05) is 0 Å². The smallest absolute Gasteiger partial charge is 0.331 e. The number of rotatable bonds is 37. The maximum Gasteiger partial charge on any atom is 0.331 e. The Hall–Kier alpha value is -1.79. The summed E-state index contributed by atoms with van der Waals surface area (Å²) in [6.45, 7) is 11.3. The number of carbonyl (C=O) groups is 1. The third-order valence-corrected chi connectivity index (χ3v) is 5.65. The average Bonchev–Trinajstić information content (AvgIpc) is 3.08. The number of methoxy groups -OCH3 is 1. The summed E-state index contributed by atoms with van der Waals surface area (Å²) in [7, 11) is 1.32. The number of hydrogen-bond acceptors (Lipinski definition) is 14. The van der Waals surface area contributed by atoms with E-state index in [0.717, 1.165) is 5.56 Å². The second-order valence-electron chi connectivity index (χ2n) is 9.29. The summed E-state index contributed by atoms with van der Waals surface area (Å²) in [5, 5.41) is 0. The lowest BCUT2D eigenvalue weighted by Crippen LogP contribution is -2.16. The molecular weight excluding hydrogens is 608 g/mol. The standard InChI is InChI=1S/C32H56O14/c1-34-32(33)30-46-28-26-44-24-22-42-20-18-40-16-14-38-12-10-36-8-7-35-9-11-37-13-15-39-17-19-41-21-23-43-25-27-45-29-31-5-3-2-4-6-31/h2-6H,7-30H2,1H3. The second kappa shape index (κ2) is 36.1. The van der Waals surface area contributed by atoms with Crippen LogP contribution in [0, 0.1) is 0 Å². The van der Waals surface area contributed by atoms with Crippen LogP contribution >= 0.6 is 0 Å². The van der Waals surface area contributed by atoms with E-state index in [1.54, 1.807) is 0 Å². The highest BCUT2D eigenvalue weighted by Gasteiger charge is 1.99. The zero-order valence-corrected chi connectivity index (χ0v) is 27.6. The van der Waals surface area contributed by atoms with Gasteiger partial charge < -0.3 is 61.6 Å². The molecule has 14 nitrogen and oxygen atoms in total. The van der Waals surface area contributed by atoms with Crippen molar-refractivity contribution in [2.75, 3.05) is 159 Å². The van der Waals surface area contributed by atoms with Crippen LogP contribution < -0.4 is 0 Å². The molecule has 0 unspecified atom stereocenters. The zero-order chi connectivity index (χ0) is 32.9. The van der Waals surface area contributed by atoms with Crippen LogP contribution in [0.3, 0.4) is 0 Å². The fourth-order valence-electron chi connectivity index (χ4n) is 3.30. The Labute approximate surface area is 274 Å². The Morgan fingerprint density at radius 3 is 0.935 bits per heavy atom. The van der Waals surface area contributed by atoms with Crippen LogP contribution in [-0.4, -0.2) is 165 Å². The van der Waals surface area contributed by atoms with Gasteiger partial charge in [-0.15, -0.1) is 0 Å². The molecule has 0 aliphatic heterocycles. The van der Waals surface area contributed by atoms with Crippen LogP contribution in [0.25, 0.3) is 0 Å². The molecule has 0 heterocycles. The largest absolute Gasteiger partial charge is 0.467 e. The number of ether oxygens (including phenoxy) is 13. The maximum absolute atomic E-state index is 10.9. The summed E-state index contributed by atoms with van der Waals surface area (Å²) in [5.74, 6) is -0.408. The molecule has 1 rings (SSSR count). The first-order valence-electron chi connectivity index (χ1n) is 15.9. The van der Waals surface area contributed by atoms with Crippen LogP contribution in [0.1, 0.15) is 5.56 Å². The Morgan fingerprint density at radius 2 is 0.652 bits per heavy atom. The first-order chi connectivity index (χ1) is 22.8. The topological polar surface area (TPSA) is 137 Å². The predicted octanol–water partition coefficient (Wildman–Crippen LogP) is 1.56. The third-order valence-electron chi connectivity index (χ3n) is 5.65. The molecule has 46 heavy (non-hydrogen) atoms. The average molecular weight is 665 g/mol. The van der Waals surface area contributed by atoms with Crippen molar-refractivity contribution in [2.45, 2.75) is 6.61 Å². The fraction of sp³-hybridized carbons (Fsp3) is 0.781. The number of benzene rings is 1. The molecule has 0 atom stereocenters. The quantitative estimate of drug-likeness (QED) is 0.0752. The van der Waals surface area contributed by atoms with Crippen molar-refractivity contribution in [1.82, 2.24) is 0 Å². The normalized spacial score (nSPS) is 11.3. The van der Waals surface area contributed by atoms with E-state index in [9.17, 15) is 4.79 Å². The first kappa shape index (κ1) is 42.2. The molecule has 0 aliphatic rings. The number of esters is 1. The summed E-state index contributed by atoms with van der Waals surface area (Å²) < 4.78 is 69.6. The van der Waals surface area contributed by atoms with Gasteiger partial charge in [-0.1, -0.05) is 30.3 Å². The van der Waals surface area contributed by atoms with E-state index >= 15 is 0 Å². The van der Waals surface area contributed by atoms with E-state index in [0.29, 0.717) is 152 Å². The lowest BCUT2D eigenvalue weighted by atomic mass is 10.2. The molecule has 0 spiro atoms. The molecule has 0 N–H and O–H groups in total. The minimum atomic E-state index is -0.408. The molecule has 0 saturated heterocycles. The van der Waals surface area contributed by atoms with Crippen molar-refractivity contribution in [3.8, 4) is 0 Å². The van der Waals surface area contributed by atoms with E-state index in [4.69, 9.17) is 56.8 Å². The SMILES string of the molecule is COC(=O)COCCOCCOCCOCCOCCOCCOCCOCCOCCOCCOCCOCc1ccccc1. The molecule has 268 valence electrons. The molecular formula is C32H56O14. The molecule has 1 aromatic carbocycles. The molecule has 0 amide bonds. The van der Waals surface area contributed by atoms with Gasteiger partial charge in [-0.25, -0.2) is 4.79 Å². The zero-order valence-electron chi connectivity index (χ0n) is 27.6. The van der Waals surface area contributed by atoms with Gasteiger partial charge in [-0.3, -0.25) is 0 Å². The lowest BCUT2D eigenvalue weighted by molar-refractivity contribution is -0.146. The molecule has 1 aromatic rings. The van der Waals surface area contributed by atoms with Gasteiger partial charge in [0.25, 0.3) is 0 Å². The predicted molar refractivity (Wildman–Crippen MR) is 167 cm³/mol. The molecule has 0 radical (unpaired) electrons. The Balaban J connectivity index is 1.61. The molecule has 0 saturated carbocycles. The maximum atomic E-state index is 10.9. The molecule has 0 aliphatic carbocycles. The van der Waals surface area contributed by atoms with Gasteiger partial charge in [-0.05, 0) is 5.56 Å². The third kappa shape index (κ3) is 32.2. The van der Waals surface area contributed by atoms with Crippen molar-refractivity contribution >= 4 is 5.97 Å². The van der Waals surface area contributed by atoms with Crippen LogP contribution in [0.2, 0.25) is 0 Å². The van der Waals surface area contributed by atoms with E-state index < -0.39 is 5.97 Å². The summed E-state index contributed by atoms with van der Waals surface area (Å²) >= 11 is 0. The Bertz CT molecular complexity index is 743. The van der Waals surface area contributed by atoms with Crippen LogP contribution in [0.15, 0.2) is 30.3 Å². The number of carbonyl (C=O) groups excluding carboxylic acids is 1. The highest BCUT2D eigenvalue weighted by molar-refractivity contribution is 5.70. The summed E-state index contributed by atoms with van der Waals surface area (Å²) in [4.78, 5) is 10.9. The van der Waals surface area contributed by atoms with Crippen molar-refractivity contribution < 1.29 is 66.4 Å². The van der Waals surface area contributed by atoms with Gasteiger partial charge in [0.1, 0.15) is 6.61 Å². The molecule has 14 heteroatoms. The van der Waals surface area contributed by atoms with Crippen LogP contribution in [0.4, 0.5) is 0 Å². The van der Waals surface area contributed by atoms with Crippen molar-refractivity contribution in [2.24, 2.45) is 0 Å². The van der Waals surface area contributed by atoms with Crippen LogP contribution in [-0.2, 0) is 73.0 Å². The highest BCUT2D eigenvalue weighted by Crippen LogP contribution is 2.00. The minimum absolute atomic E-state index is 0.0706. The summed E-state index contributed by atoms with van der Waals surface area (Å²) in [6.07, 6.45) is 0. The van der Waals surface area contributed by atoms with Gasteiger partial charge in [0.15, 0.2) is 0 Å². The lowest BCUT2D eigenvalue weighted by Gasteiger charge is -2.09.